The van der Waals surface area contributed by atoms with E-state index in [4.69, 9.17) is 25.5 Å². The number of hydrogen-bond donors (Lipinski definition) is 5. The summed E-state index contributed by atoms with van der Waals surface area (Å²) in [5.41, 5.74) is -0.467. The molecule has 0 aromatic heterocycles. The number of ketones is 1. The fourth-order valence-corrected chi connectivity index (χ4v) is 2.83. The summed E-state index contributed by atoms with van der Waals surface area (Å²) in [6, 6.07) is 0. The molecule has 0 aromatic rings. The van der Waals surface area contributed by atoms with Crippen LogP contribution < -0.4 is 0 Å². The zero-order valence-electron chi connectivity index (χ0n) is 25.5. The Hall–Kier alpha value is -1.51. The monoisotopic (exact) mass is 534 g/mol. The Morgan fingerprint density at radius 3 is 1.16 bits per heavy atom. The van der Waals surface area contributed by atoms with E-state index in [2.05, 4.69) is 62.3 Å². The Morgan fingerprint density at radius 2 is 0.946 bits per heavy atom. The van der Waals surface area contributed by atoms with Gasteiger partial charge in [0.25, 0.3) is 0 Å². The lowest BCUT2D eigenvalue weighted by atomic mass is 9.79. The number of carbonyl (C=O) groups is 3. The van der Waals surface area contributed by atoms with Gasteiger partial charge in [0.05, 0.1) is 31.2 Å². The van der Waals surface area contributed by atoms with E-state index in [1.54, 1.807) is 13.8 Å². The molecule has 2 unspecified atom stereocenters. The van der Waals surface area contributed by atoms with Crippen molar-refractivity contribution in [2.75, 3.05) is 19.8 Å². The predicted octanol–water partition coefficient (Wildman–Crippen LogP) is 5.41. The first kappa shape index (κ1) is 40.0. The molecule has 0 saturated heterocycles. The summed E-state index contributed by atoms with van der Waals surface area (Å²) in [7, 11) is 0. The topological polar surface area (TPSA) is 152 Å². The van der Waals surface area contributed by atoms with E-state index in [1.807, 2.05) is 0 Å². The molecule has 8 nitrogen and oxygen atoms in total. The van der Waals surface area contributed by atoms with Crippen molar-refractivity contribution in [2.24, 2.45) is 33.5 Å². The maximum Gasteiger partial charge on any atom is 0.311 e. The smallest absolute Gasteiger partial charge is 0.311 e. The van der Waals surface area contributed by atoms with Gasteiger partial charge in [-0.25, -0.2) is 0 Å². The third kappa shape index (κ3) is 24.6. The molecule has 0 amide bonds. The largest absolute Gasteiger partial charge is 0.481 e. The van der Waals surface area contributed by atoms with Crippen LogP contribution in [0.2, 0.25) is 0 Å². The highest BCUT2D eigenvalue weighted by atomic mass is 16.4. The average Bonchev–Trinajstić information content (AvgIpc) is 2.71. The highest BCUT2D eigenvalue weighted by Crippen LogP contribution is 2.30. The Morgan fingerprint density at radius 1 is 0.595 bits per heavy atom. The van der Waals surface area contributed by atoms with Crippen LogP contribution >= 0.6 is 0 Å². The van der Waals surface area contributed by atoms with Gasteiger partial charge in [0.2, 0.25) is 0 Å². The third-order valence-electron chi connectivity index (χ3n) is 6.14. The zero-order chi connectivity index (χ0) is 30.3. The fourth-order valence-electron chi connectivity index (χ4n) is 2.83. The van der Waals surface area contributed by atoms with Crippen LogP contribution in [0.3, 0.4) is 0 Å². The minimum Gasteiger partial charge on any atom is -0.481 e. The quantitative estimate of drug-likeness (QED) is 0.223. The van der Waals surface area contributed by atoms with E-state index < -0.39 is 23.3 Å². The van der Waals surface area contributed by atoms with Crippen molar-refractivity contribution in [1.29, 1.82) is 0 Å². The lowest BCUT2D eigenvalue weighted by Crippen LogP contribution is -2.32. The van der Waals surface area contributed by atoms with Gasteiger partial charge >= 0.3 is 11.9 Å². The Kier molecular flexibility index (Phi) is 19.3. The minimum atomic E-state index is -0.979. The number of carboxylic acid groups (broad SMARTS) is 2. The number of aliphatic hydroxyl groups is 3. The molecule has 0 bridgehead atoms. The van der Waals surface area contributed by atoms with Gasteiger partial charge in [0.15, 0.2) is 0 Å². The van der Waals surface area contributed by atoms with Crippen LogP contribution in [0.5, 0.6) is 0 Å². The average molecular weight is 535 g/mol. The lowest BCUT2D eigenvalue weighted by molar-refractivity contribution is -0.151. The standard InChI is InChI=1S/C10H20O3.C10H20O2.C9H18O3/c1-9(2,3)5-6-10(4,7-11)8(12)13;1-8(12)9(7-11)5-6-10(2,3)4;1-9(2,3)5-4-7(6-10)8(11)12/h11H,5-7H2,1-4H3,(H,12,13);9,11H,5-7H2,1-4H3;7,10H,4-6H2,1-3H3,(H,11,12)/t;9-;/m.0./s1. The number of aliphatic carboxylic acids is 2. The first-order valence-corrected chi connectivity index (χ1v) is 13.2. The molecule has 0 fully saturated rings. The number of Topliss-reactive ketones (excluding diaryl/α,β-unsaturated/α-hetero) is 1. The lowest BCUT2D eigenvalue weighted by Gasteiger charge is -2.26. The van der Waals surface area contributed by atoms with E-state index >= 15 is 0 Å². The molecule has 0 heterocycles. The molecule has 222 valence electrons. The van der Waals surface area contributed by atoms with E-state index in [9.17, 15) is 14.4 Å². The van der Waals surface area contributed by atoms with Crippen molar-refractivity contribution in [2.45, 2.75) is 115 Å². The van der Waals surface area contributed by atoms with Gasteiger partial charge in [0, 0.05) is 5.92 Å². The summed E-state index contributed by atoms with van der Waals surface area (Å²) in [6.45, 7) is 21.4. The maximum atomic E-state index is 10.9. The molecule has 8 heteroatoms. The molecule has 0 rings (SSSR count). The van der Waals surface area contributed by atoms with Crippen LogP contribution in [0.4, 0.5) is 0 Å². The highest BCUT2D eigenvalue weighted by Gasteiger charge is 2.33. The molecule has 0 saturated carbocycles. The second-order valence-corrected chi connectivity index (χ2v) is 14.0. The van der Waals surface area contributed by atoms with Crippen LogP contribution in [-0.4, -0.2) is 63.1 Å². The van der Waals surface area contributed by atoms with Crippen LogP contribution in [0.1, 0.15) is 115 Å². The van der Waals surface area contributed by atoms with Gasteiger partial charge in [0.1, 0.15) is 5.78 Å². The number of rotatable bonds is 12. The highest BCUT2D eigenvalue weighted by molar-refractivity contribution is 5.78. The summed E-state index contributed by atoms with van der Waals surface area (Å²) in [5.74, 6) is -2.46. The van der Waals surface area contributed by atoms with Crippen LogP contribution in [0.15, 0.2) is 0 Å². The summed E-state index contributed by atoms with van der Waals surface area (Å²) >= 11 is 0. The van der Waals surface area contributed by atoms with E-state index in [1.165, 1.54) is 0 Å². The SMILES string of the molecule is CC(=O)[C@H](CO)CCC(C)(C)C.CC(C)(C)CCC(C)(CO)C(=O)O.CC(C)(C)CCC(CO)C(=O)O. The second kappa shape index (κ2) is 17.9. The first-order chi connectivity index (χ1) is 16.4. The summed E-state index contributed by atoms with van der Waals surface area (Å²) in [6.07, 6.45) is 4.48. The number of carboxylic acids is 2. The molecule has 0 aromatic carbocycles. The first-order valence-electron chi connectivity index (χ1n) is 13.2. The van der Waals surface area contributed by atoms with E-state index in [0.717, 1.165) is 25.7 Å². The molecule has 3 atom stereocenters. The van der Waals surface area contributed by atoms with Gasteiger partial charge in [-0.05, 0) is 68.6 Å². The minimum absolute atomic E-state index is 0.00852. The molecular formula is C29H58O8. The predicted molar refractivity (Wildman–Crippen MR) is 148 cm³/mol. The number of carbonyl (C=O) groups excluding carboxylic acids is 1. The molecule has 37 heavy (non-hydrogen) atoms. The molecule has 0 aliphatic rings. The zero-order valence-corrected chi connectivity index (χ0v) is 25.5. The summed E-state index contributed by atoms with van der Waals surface area (Å²) in [4.78, 5) is 32.2. The van der Waals surface area contributed by atoms with Gasteiger partial charge in [-0.3, -0.25) is 14.4 Å². The van der Waals surface area contributed by atoms with Gasteiger partial charge < -0.3 is 25.5 Å². The summed E-state index contributed by atoms with van der Waals surface area (Å²) in [5, 5.41) is 44.0. The van der Waals surface area contributed by atoms with Crippen molar-refractivity contribution in [3.63, 3.8) is 0 Å². The molecular weight excluding hydrogens is 476 g/mol. The van der Waals surface area contributed by atoms with Crippen molar-refractivity contribution < 1.29 is 39.9 Å². The second-order valence-electron chi connectivity index (χ2n) is 14.0. The molecule has 0 radical (unpaired) electrons. The molecule has 0 spiro atoms. The summed E-state index contributed by atoms with van der Waals surface area (Å²) < 4.78 is 0. The van der Waals surface area contributed by atoms with Crippen LogP contribution in [0, 0.1) is 33.5 Å². The fraction of sp³-hybridized carbons (Fsp3) is 0.897. The van der Waals surface area contributed by atoms with E-state index in [0.29, 0.717) is 12.8 Å². The Balaban J connectivity index is -0.000000469. The van der Waals surface area contributed by atoms with Crippen molar-refractivity contribution in [3.05, 3.63) is 0 Å². The number of hydrogen-bond acceptors (Lipinski definition) is 6. The van der Waals surface area contributed by atoms with Gasteiger partial charge in [-0.2, -0.15) is 0 Å². The van der Waals surface area contributed by atoms with Crippen LogP contribution in [0.25, 0.3) is 0 Å². The molecule has 0 aliphatic heterocycles. The van der Waals surface area contributed by atoms with Crippen molar-refractivity contribution in [3.8, 4) is 0 Å². The normalized spacial score (nSPS) is 15.2. The third-order valence-corrected chi connectivity index (χ3v) is 6.14. The Bertz CT molecular complexity index is 616. The molecule has 5 N–H and O–H groups in total. The van der Waals surface area contributed by atoms with Gasteiger partial charge in [-0.1, -0.05) is 62.3 Å². The van der Waals surface area contributed by atoms with E-state index in [-0.39, 0.29) is 47.8 Å². The Labute approximate surface area is 225 Å². The van der Waals surface area contributed by atoms with Crippen molar-refractivity contribution in [1.82, 2.24) is 0 Å². The number of aliphatic hydroxyl groups excluding tert-OH is 3. The van der Waals surface area contributed by atoms with Gasteiger partial charge in [-0.15, -0.1) is 0 Å². The maximum absolute atomic E-state index is 10.9. The molecule has 0 aliphatic carbocycles. The van der Waals surface area contributed by atoms with Crippen LogP contribution in [-0.2, 0) is 14.4 Å². The van der Waals surface area contributed by atoms with Crippen molar-refractivity contribution >= 4 is 17.7 Å².